The van der Waals surface area contributed by atoms with Crippen molar-refractivity contribution in [2.45, 2.75) is 6.92 Å². The largest absolute Gasteiger partial charge is 0.484 e. The van der Waals surface area contributed by atoms with Gasteiger partial charge in [-0.2, -0.15) is 0 Å². The second kappa shape index (κ2) is 9.14. The molecule has 0 bridgehead atoms. The van der Waals surface area contributed by atoms with Crippen molar-refractivity contribution in [3.8, 4) is 17.6 Å². The molecule has 5 nitrogen and oxygen atoms in total. The Morgan fingerprint density at radius 1 is 1.12 bits per heavy atom. The Balaban J connectivity index is 1.84. The van der Waals surface area contributed by atoms with Gasteiger partial charge in [0, 0.05) is 12.6 Å². The van der Waals surface area contributed by atoms with Crippen LogP contribution >= 0.6 is 0 Å². The molecule has 0 aliphatic heterocycles. The van der Waals surface area contributed by atoms with E-state index in [9.17, 15) is 9.59 Å². The number of rotatable bonds is 5. The monoisotopic (exact) mass is 336 g/mol. The van der Waals surface area contributed by atoms with Gasteiger partial charge in [-0.3, -0.25) is 9.59 Å². The summed E-state index contributed by atoms with van der Waals surface area (Å²) in [6, 6.07) is 14.6. The molecular formula is C20H20N2O3. The maximum atomic E-state index is 11.8. The summed E-state index contributed by atoms with van der Waals surface area (Å²) < 4.78 is 5.42. The Morgan fingerprint density at radius 3 is 2.68 bits per heavy atom. The van der Waals surface area contributed by atoms with Crippen molar-refractivity contribution in [2.75, 3.05) is 20.2 Å². The number of hydrogen-bond acceptors (Lipinski definition) is 3. The highest BCUT2D eigenvalue weighted by atomic mass is 16.5. The van der Waals surface area contributed by atoms with E-state index in [0.717, 1.165) is 5.56 Å². The third kappa shape index (κ3) is 5.70. The van der Waals surface area contributed by atoms with E-state index >= 15 is 0 Å². The van der Waals surface area contributed by atoms with Gasteiger partial charge in [-0.1, -0.05) is 36.1 Å². The van der Waals surface area contributed by atoms with Gasteiger partial charge in [0.2, 0.25) is 0 Å². The standard InChI is InChI=1S/C20H20N2O3/c1-15-7-5-10-17(13-15)25-14-19(23)22-12-6-9-16-8-3-4-11-18(16)20(24)21-2/h3-5,7-8,10-11,13H,12,14H2,1-2H3,(H,21,24)(H,22,23). The summed E-state index contributed by atoms with van der Waals surface area (Å²) in [5, 5.41) is 5.24. The summed E-state index contributed by atoms with van der Waals surface area (Å²) in [5.74, 6) is 5.95. The van der Waals surface area contributed by atoms with E-state index < -0.39 is 0 Å². The number of hydrogen-bond donors (Lipinski definition) is 2. The predicted octanol–water partition coefficient (Wildman–Crippen LogP) is 1.90. The van der Waals surface area contributed by atoms with Gasteiger partial charge in [-0.05, 0) is 36.8 Å². The van der Waals surface area contributed by atoms with Crippen molar-refractivity contribution in [3.05, 3.63) is 65.2 Å². The third-order valence-electron chi connectivity index (χ3n) is 3.36. The highest BCUT2D eigenvalue weighted by Crippen LogP contribution is 2.11. The first-order chi connectivity index (χ1) is 12.1. The summed E-state index contributed by atoms with van der Waals surface area (Å²) in [7, 11) is 1.57. The Hall–Kier alpha value is -3.26. The van der Waals surface area contributed by atoms with Gasteiger partial charge in [0.25, 0.3) is 11.8 Å². The van der Waals surface area contributed by atoms with Crippen LogP contribution in [0.5, 0.6) is 5.75 Å². The molecule has 2 N–H and O–H groups in total. The molecule has 0 saturated heterocycles. The molecule has 0 heterocycles. The third-order valence-corrected chi connectivity index (χ3v) is 3.36. The first-order valence-corrected chi connectivity index (χ1v) is 7.86. The Kier molecular flexibility index (Phi) is 6.61. The molecule has 128 valence electrons. The van der Waals surface area contributed by atoms with Gasteiger partial charge in [0.05, 0.1) is 12.1 Å². The molecule has 0 aliphatic carbocycles. The number of carbonyl (C=O) groups excluding carboxylic acids is 2. The molecule has 2 aromatic carbocycles. The number of aryl methyl sites for hydroxylation is 1. The number of carbonyl (C=O) groups is 2. The molecule has 0 unspecified atom stereocenters. The van der Waals surface area contributed by atoms with Crippen molar-refractivity contribution in [1.29, 1.82) is 0 Å². The van der Waals surface area contributed by atoms with Crippen molar-refractivity contribution in [2.24, 2.45) is 0 Å². The lowest BCUT2D eigenvalue weighted by Crippen LogP contribution is -2.29. The zero-order valence-corrected chi connectivity index (χ0v) is 14.3. The second-order valence-electron chi connectivity index (χ2n) is 5.31. The van der Waals surface area contributed by atoms with Gasteiger partial charge in [0.15, 0.2) is 6.61 Å². The van der Waals surface area contributed by atoms with Crippen LogP contribution in [0.2, 0.25) is 0 Å². The van der Waals surface area contributed by atoms with Crippen LogP contribution in [0.25, 0.3) is 0 Å². The lowest BCUT2D eigenvalue weighted by Gasteiger charge is -2.06. The summed E-state index contributed by atoms with van der Waals surface area (Å²) >= 11 is 0. The molecule has 2 amide bonds. The zero-order valence-electron chi connectivity index (χ0n) is 14.3. The summed E-state index contributed by atoms with van der Waals surface area (Å²) in [5.41, 5.74) is 2.19. The minimum absolute atomic E-state index is 0.0695. The van der Waals surface area contributed by atoms with E-state index in [1.165, 1.54) is 0 Å². The normalized spacial score (nSPS) is 9.52. The SMILES string of the molecule is CNC(=O)c1ccccc1C#CCNC(=O)COc1cccc(C)c1. The lowest BCUT2D eigenvalue weighted by molar-refractivity contribution is -0.122. The Labute approximate surface area is 147 Å². The number of nitrogens with one attached hydrogen (secondary N) is 2. The highest BCUT2D eigenvalue weighted by Gasteiger charge is 2.06. The van der Waals surface area contributed by atoms with Crippen LogP contribution in [0.3, 0.4) is 0 Å². The molecule has 0 aromatic heterocycles. The fourth-order valence-electron chi connectivity index (χ4n) is 2.11. The van der Waals surface area contributed by atoms with Crippen molar-refractivity contribution < 1.29 is 14.3 Å². The van der Waals surface area contributed by atoms with Gasteiger partial charge < -0.3 is 15.4 Å². The molecule has 0 radical (unpaired) electrons. The molecule has 25 heavy (non-hydrogen) atoms. The minimum atomic E-state index is -0.254. The molecule has 0 fully saturated rings. The fraction of sp³-hybridized carbons (Fsp3) is 0.200. The number of amides is 2. The Morgan fingerprint density at radius 2 is 1.92 bits per heavy atom. The maximum Gasteiger partial charge on any atom is 0.258 e. The lowest BCUT2D eigenvalue weighted by atomic mass is 10.1. The smallest absolute Gasteiger partial charge is 0.258 e. The van der Waals surface area contributed by atoms with Gasteiger partial charge >= 0.3 is 0 Å². The quantitative estimate of drug-likeness (QED) is 0.820. The zero-order chi connectivity index (χ0) is 18.1. The fourth-order valence-corrected chi connectivity index (χ4v) is 2.11. The van der Waals surface area contributed by atoms with Crippen LogP contribution in [0.15, 0.2) is 48.5 Å². The summed E-state index contributed by atoms with van der Waals surface area (Å²) in [6.45, 7) is 2.07. The average Bonchev–Trinajstić information content (AvgIpc) is 2.63. The topological polar surface area (TPSA) is 67.4 Å². The van der Waals surface area contributed by atoms with E-state index in [4.69, 9.17) is 4.74 Å². The van der Waals surface area contributed by atoms with Crippen molar-refractivity contribution >= 4 is 11.8 Å². The average molecular weight is 336 g/mol. The van der Waals surface area contributed by atoms with Crippen LogP contribution in [0.4, 0.5) is 0 Å². The van der Waals surface area contributed by atoms with Crippen LogP contribution in [0.1, 0.15) is 21.5 Å². The molecule has 5 heteroatoms. The number of ether oxygens (including phenoxy) is 1. The molecule has 0 spiro atoms. The van der Waals surface area contributed by atoms with E-state index in [-0.39, 0.29) is 25.0 Å². The van der Waals surface area contributed by atoms with Crippen LogP contribution in [-0.4, -0.2) is 32.0 Å². The summed E-state index contributed by atoms with van der Waals surface area (Å²) in [6.07, 6.45) is 0. The van der Waals surface area contributed by atoms with Gasteiger partial charge in [-0.25, -0.2) is 0 Å². The van der Waals surface area contributed by atoms with Crippen LogP contribution in [0, 0.1) is 18.8 Å². The Bertz CT molecular complexity index is 819. The van der Waals surface area contributed by atoms with Crippen molar-refractivity contribution in [3.63, 3.8) is 0 Å². The van der Waals surface area contributed by atoms with Gasteiger partial charge in [-0.15, -0.1) is 0 Å². The molecule has 0 aliphatic rings. The van der Waals surface area contributed by atoms with E-state index in [1.54, 1.807) is 31.3 Å². The first kappa shape index (κ1) is 18.1. The first-order valence-electron chi connectivity index (χ1n) is 7.86. The predicted molar refractivity (Wildman–Crippen MR) is 96.4 cm³/mol. The minimum Gasteiger partial charge on any atom is -0.484 e. The summed E-state index contributed by atoms with van der Waals surface area (Å²) in [4.78, 5) is 23.5. The molecule has 2 rings (SSSR count). The molecule has 0 atom stereocenters. The van der Waals surface area contributed by atoms with E-state index in [2.05, 4.69) is 22.5 Å². The molecular weight excluding hydrogens is 316 g/mol. The number of benzene rings is 2. The van der Waals surface area contributed by atoms with Crippen molar-refractivity contribution in [1.82, 2.24) is 10.6 Å². The second-order valence-corrected chi connectivity index (χ2v) is 5.31. The van der Waals surface area contributed by atoms with Crippen LogP contribution in [-0.2, 0) is 4.79 Å². The van der Waals surface area contributed by atoms with E-state index in [1.807, 2.05) is 31.2 Å². The molecule has 0 saturated carbocycles. The maximum absolute atomic E-state index is 11.8. The highest BCUT2D eigenvalue weighted by molar-refractivity contribution is 5.96. The van der Waals surface area contributed by atoms with Crippen LogP contribution < -0.4 is 15.4 Å². The molecule has 2 aromatic rings. The van der Waals surface area contributed by atoms with E-state index in [0.29, 0.717) is 16.9 Å². The van der Waals surface area contributed by atoms with Gasteiger partial charge in [0.1, 0.15) is 5.75 Å².